The van der Waals surface area contributed by atoms with Crippen LogP contribution in [0.1, 0.15) is 21.5 Å². The van der Waals surface area contributed by atoms with E-state index in [0.29, 0.717) is 38.4 Å². The van der Waals surface area contributed by atoms with Crippen LogP contribution in [0, 0.1) is 0 Å². The number of imidazole rings is 1. The lowest BCUT2D eigenvalue weighted by molar-refractivity contribution is 0.0303. The van der Waals surface area contributed by atoms with Crippen molar-refractivity contribution < 1.29 is 9.53 Å². The molecule has 2 aromatic carbocycles. The Bertz CT molecular complexity index is 1140. The molecule has 4 rings (SSSR count). The summed E-state index contributed by atoms with van der Waals surface area (Å²) in [5, 5.41) is 0. The van der Waals surface area contributed by atoms with Gasteiger partial charge >= 0.3 is 0 Å². The smallest absolute Gasteiger partial charge is 0.254 e. The predicted octanol–water partition coefficient (Wildman–Crippen LogP) is 4.65. The fourth-order valence-electron chi connectivity index (χ4n) is 3.91. The number of hydrogen-bond donors (Lipinski definition) is 0. The van der Waals surface area contributed by atoms with Crippen LogP contribution in [0.5, 0.6) is 0 Å². The first-order valence-electron chi connectivity index (χ1n) is 10.0. The van der Waals surface area contributed by atoms with Gasteiger partial charge in [0, 0.05) is 30.8 Å². The van der Waals surface area contributed by atoms with E-state index >= 15 is 0 Å². The summed E-state index contributed by atoms with van der Waals surface area (Å²) in [5.41, 5.74) is 5.36. The minimum absolute atomic E-state index is 0.0218. The van der Waals surface area contributed by atoms with E-state index in [4.69, 9.17) is 9.72 Å². The Morgan fingerprint density at radius 1 is 1.10 bits per heavy atom. The topological polar surface area (TPSA) is 47.4 Å². The van der Waals surface area contributed by atoms with E-state index in [2.05, 4.69) is 24.3 Å². The highest BCUT2D eigenvalue weighted by Gasteiger charge is 2.21. The third-order valence-corrected chi connectivity index (χ3v) is 5.41. The average Bonchev–Trinajstić information content (AvgIpc) is 3.16. The van der Waals surface area contributed by atoms with Crippen molar-refractivity contribution in [1.29, 1.82) is 0 Å². The van der Waals surface area contributed by atoms with Gasteiger partial charge in [0.1, 0.15) is 5.82 Å². The van der Waals surface area contributed by atoms with Crippen molar-refractivity contribution in [3.8, 4) is 11.4 Å². The van der Waals surface area contributed by atoms with Gasteiger partial charge in [-0.25, -0.2) is 4.98 Å². The number of amides is 1. The van der Waals surface area contributed by atoms with E-state index in [0.717, 1.165) is 33.5 Å². The minimum atomic E-state index is 0.0218. The number of carbonyl (C=O) groups is 1. The Kier molecular flexibility index (Phi) is 5.63. The molecule has 152 valence electrons. The molecule has 0 atom stereocenters. The summed E-state index contributed by atoms with van der Waals surface area (Å²) in [6.07, 6.45) is 5.49. The number of nitrogens with zero attached hydrogens (tertiary/aromatic N) is 3. The Hall–Kier alpha value is -3.44. The second-order valence-corrected chi connectivity index (χ2v) is 7.16. The number of ether oxygens (including phenoxy) is 1. The van der Waals surface area contributed by atoms with Crippen molar-refractivity contribution >= 4 is 29.1 Å². The van der Waals surface area contributed by atoms with Gasteiger partial charge in [-0.05, 0) is 29.3 Å². The summed E-state index contributed by atoms with van der Waals surface area (Å²) >= 11 is 0. The molecule has 1 fully saturated rings. The van der Waals surface area contributed by atoms with Gasteiger partial charge in [-0.1, -0.05) is 49.6 Å². The molecule has 0 N–H and O–H groups in total. The van der Waals surface area contributed by atoms with Crippen LogP contribution in [-0.2, 0) is 11.3 Å². The molecule has 0 bridgehead atoms. The largest absolute Gasteiger partial charge is 0.378 e. The standard InChI is InChI=1S/C25H25N3O2/c1-4-12-28-23-17-19(25(29)27-13-15-30-16-14-27)10-11-22(23)26-24(28)21-9-7-8-18(5-2)20(21)6-3/h4-11,17H,1-3,12-16H2. The molecular formula is C25H25N3O2. The molecule has 0 saturated carbocycles. The molecule has 3 aromatic rings. The van der Waals surface area contributed by atoms with Crippen molar-refractivity contribution in [2.75, 3.05) is 26.3 Å². The molecule has 1 amide bonds. The van der Waals surface area contributed by atoms with E-state index in [1.54, 1.807) is 0 Å². The zero-order valence-electron chi connectivity index (χ0n) is 17.0. The van der Waals surface area contributed by atoms with Gasteiger partial charge in [0.25, 0.3) is 5.91 Å². The Morgan fingerprint density at radius 3 is 2.60 bits per heavy atom. The number of carbonyl (C=O) groups excluding carboxylic acids is 1. The summed E-state index contributed by atoms with van der Waals surface area (Å²) < 4.78 is 7.46. The number of benzene rings is 2. The molecule has 2 heterocycles. The first-order valence-corrected chi connectivity index (χ1v) is 10.0. The average molecular weight is 399 g/mol. The quantitative estimate of drug-likeness (QED) is 0.567. The van der Waals surface area contributed by atoms with E-state index < -0.39 is 0 Å². The van der Waals surface area contributed by atoms with Gasteiger partial charge < -0.3 is 14.2 Å². The Labute approximate surface area is 176 Å². The normalized spacial score (nSPS) is 13.9. The highest BCUT2D eigenvalue weighted by molar-refractivity contribution is 5.98. The van der Waals surface area contributed by atoms with Gasteiger partial charge in [-0.15, -0.1) is 6.58 Å². The van der Waals surface area contributed by atoms with E-state index in [1.165, 1.54) is 0 Å². The van der Waals surface area contributed by atoms with Crippen molar-refractivity contribution in [3.63, 3.8) is 0 Å². The minimum Gasteiger partial charge on any atom is -0.378 e. The third kappa shape index (κ3) is 3.48. The number of allylic oxidation sites excluding steroid dienone is 1. The first-order chi connectivity index (χ1) is 14.7. The van der Waals surface area contributed by atoms with Crippen molar-refractivity contribution in [1.82, 2.24) is 14.5 Å². The van der Waals surface area contributed by atoms with Gasteiger partial charge in [-0.3, -0.25) is 4.79 Å². The Morgan fingerprint density at radius 2 is 1.90 bits per heavy atom. The van der Waals surface area contributed by atoms with E-state index in [-0.39, 0.29) is 5.91 Å². The van der Waals surface area contributed by atoms with Gasteiger partial charge in [0.15, 0.2) is 0 Å². The second-order valence-electron chi connectivity index (χ2n) is 7.16. The molecule has 5 nitrogen and oxygen atoms in total. The van der Waals surface area contributed by atoms with Crippen LogP contribution in [0.25, 0.3) is 34.6 Å². The number of morpholine rings is 1. The molecule has 5 heteroatoms. The number of hydrogen-bond acceptors (Lipinski definition) is 3. The van der Waals surface area contributed by atoms with Crippen LogP contribution in [-0.4, -0.2) is 46.7 Å². The van der Waals surface area contributed by atoms with Crippen LogP contribution < -0.4 is 0 Å². The molecule has 1 aromatic heterocycles. The van der Waals surface area contributed by atoms with Crippen LogP contribution in [0.3, 0.4) is 0 Å². The van der Waals surface area contributed by atoms with E-state index in [9.17, 15) is 4.79 Å². The van der Waals surface area contributed by atoms with Crippen LogP contribution in [0.15, 0.2) is 62.2 Å². The fourth-order valence-corrected chi connectivity index (χ4v) is 3.91. The maximum absolute atomic E-state index is 13.0. The zero-order valence-corrected chi connectivity index (χ0v) is 17.0. The van der Waals surface area contributed by atoms with Crippen LogP contribution >= 0.6 is 0 Å². The number of rotatable bonds is 6. The predicted molar refractivity (Wildman–Crippen MR) is 122 cm³/mol. The lowest BCUT2D eigenvalue weighted by Gasteiger charge is -2.26. The van der Waals surface area contributed by atoms with Crippen LogP contribution in [0.2, 0.25) is 0 Å². The summed E-state index contributed by atoms with van der Waals surface area (Å²) in [6.45, 7) is 14.8. The molecule has 0 radical (unpaired) electrons. The number of fused-ring (bicyclic) bond motifs is 1. The van der Waals surface area contributed by atoms with Gasteiger partial charge in [0.2, 0.25) is 0 Å². The van der Waals surface area contributed by atoms with Gasteiger partial charge in [0.05, 0.1) is 24.2 Å². The lowest BCUT2D eigenvalue weighted by atomic mass is 10.0. The van der Waals surface area contributed by atoms with Crippen LogP contribution in [0.4, 0.5) is 0 Å². The fraction of sp³-hybridized carbons (Fsp3) is 0.200. The molecule has 1 aliphatic rings. The Balaban J connectivity index is 1.85. The summed E-state index contributed by atoms with van der Waals surface area (Å²) in [6, 6.07) is 11.7. The second kappa shape index (κ2) is 8.51. The first kappa shape index (κ1) is 19.9. The molecule has 1 saturated heterocycles. The monoisotopic (exact) mass is 399 g/mol. The molecule has 0 aliphatic carbocycles. The third-order valence-electron chi connectivity index (χ3n) is 5.41. The molecule has 0 unspecified atom stereocenters. The van der Waals surface area contributed by atoms with Crippen molar-refractivity contribution in [2.45, 2.75) is 6.54 Å². The van der Waals surface area contributed by atoms with Crippen molar-refractivity contribution in [3.05, 3.63) is 78.9 Å². The maximum atomic E-state index is 13.0. The summed E-state index contributed by atoms with van der Waals surface area (Å²) in [4.78, 5) is 19.7. The highest BCUT2D eigenvalue weighted by Crippen LogP contribution is 2.31. The summed E-state index contributed by atoms with van der Waals surface area (Å²) in [5.74, 6) is 0.841. The SMILES string of the molecule is C=CCn1c(-c2cccc(C=C)c2C=C)nc2ccc(C(=O)N3CCOCC3)cc21. The van der Waals surface area contributed by atoms with Gasteiger partial charge in [-0.2, -0.15) is 0 Å². The lowest BCUT2D eigenvalue weighted by Crippen LogP contribution is -2.40. The van der Waals surface area contributed by atoms with Crippen molar-refractivity contribution in [2.24, 2.45) is 0 Å². The zero-order chi connectivity index (χ0) is 21.1. The number of aromatic nitrogens is 2. The molecule has 1 aliphatic heterocycles. The van der Waals surface area contributed by atoms with E-state index in [1.807, 2.05) is 59.5 Å². The summed E-state index contributed by atoms with van der Waals surface area (Å²) in [7, 11) is 0. The maximum Gasteiger partial charge on any atom is 0.254 e. The molecular weight excluding hydrogens is 374 g/mol. The molecule has 0 spiro atoms. The highest BCUT2D eigenvalue weighted by atomic mass is 16.5. The molecule has 30 heavy (non-hydrogen) atoms.